The Bertz CT molecular complexity index is 692. The molecule has 1 aliphatic rings. The zero-order valence-electron chi connectivity index (χ0n) is 10.9. The minimum atomic E-state index is -1.43. The fourth-order valence-corrected chi connectivity index (χ4v) is 2.99. The molecule has 3 rings (SSSR count). The van der Waals surface area contributed by atoms with E-state index in [0.717, 1.165) is 0 Å². The number of nitrogens with zero attached hydrogens (tertiary/aromatic N) is 3. The summed E-state index contributed by atoms with van der Waals surface area (Å²) in [6.45, 7) is 1.30. The van der Waals surface area contributed by atoms with Crippen LogP contribution in [0, 0.1) is 5.92 Å². The fraction of sp³-hybridized carbons (Fsp3) is 0.583. The number of fused-ring (bicyclic) bond motifs is 1. The Kier molecular flexibility index (Phi) is 2.89. The van der Waals surface area contributed by atoms with Crippen LogP contribution in [0.15, 0.2) is 17.4 Å². The summed E-state index contributed by atoms with van der Waals surface area (Å²) in [6.07, 6.45) is 2.03. The lowest BCUT2D eigenvalue weighted by atomic mass is 9.96. The van der Waals surface area contributed by atoms with Gasteiger partial charge in [0.05, 0.1) is 24.8 Å². The monoisotopic (exact) mass is 280 g/mol. The Labute approximate surface area is 113 Å². The molecular weight excluding hydrogens is 264 g/mol. The van der Waals surface area contributed by atoms with Gasteiger partial charge in [0.2, 0.25) is 0 Å². The van der Waals surface area contributed by atoms with Crippen LogP contribution in [0.2, 0.25) is 0 Å². The van der Waals surface area contributed by atoms with Crippen LogP contribution in [-0.2, 0) is 0 Å². The quantitative estimate of drug-likeness (QED) is 0.547. The highest BCUT2D eigenvalue weighted by Crippen LogP contribution is 2.43. The van der Waals surface area contributed by atoms with E-state index in [4.69, 9.17) is 0 Å². The summed E-state index contributed by atoms with van der Waals surface area (Å²) in [7, 11) is 0. The first kappa shape index (κ1) is 13.2. The molecule has 0 bridgehead atoms. The zero-order chi connectivity index (χ0) is 14.5. The predicted octanol–water partition coefficient (Wildman–Crippen LogP) is -1.22. The van der Waals surface area contributed by atoms with Crippen molar-refractivity contribution >= 4 is 11.2 Å². The normalized spacial score (nSPS) is 33.9. The molecular formula is C12H16N4O4. The van der Waals surface area contributed by atoms with E-state index in [1.165, 1.54) is 19.6 Å². The average Bonchev–Trinajstić information content (AvgIpc) is 2.92. The fourth-order valence-electron chi connectivity index (χ4n) is 2.99. The number of imidazole rings is 1. The van der Waals surface area contributed by atoms with Crippen LogP contribution in [0.1, 0.15) is 19.4 Å². The van der Waals surface area contributed by atoms with Crippen molar-refractivity contribution in [3.05, 3.63) is 23.0 Å². The summed E-state index contributed by atoms with van der Waals surface area (Å²) < 4.78 is 1.59. The highest BCUT2D eigenvalue weighted by atomic mass is 16.3. The number of aliphatic hydroxyl groups is 3. The average molecular weight is 280 g/mol. The molecule has 0 aliphatic heterocycles. The molecule has 0 aromatic carbocycles. The lowest BCUT2D eigenvalue weighted by molar-refractivity contribution is -0.0777. The number of hydrogen-bond acceptors (Lipinski definition) is 6. The second kappa shape index (κ2) is 4.37. The second-order valence-electron chi connectivity index (χ2n) is 5.42. The van der Waals surface area contributed by atoms with Gasteiger partial charge in [-0.05, 0) is 13.3 Å². The number of aromatic amines is 1. The molecule has 4 N–H and O–H groups in total. The molecule has 1 fully saturated rings. The third-order valence-corrected chi connectivity index (χ3v) is 4.18. The third kappa shape index (κ3) is 1.69. The van der Waals surface area contributed by atoms with Crippen LogP contribution in [0.5, 0.6) is 0 Å². The molecule has 108 valence electrons. The maximum Gasteiger partial charge on any atom is 0.278 e. The lowest BCUT2D eigenvalue weighted by Crippen LogP contribution is -2.42. The van der Waals surface area contributed by atoms with Crippen molar-refractivity contribution < 1.29 is 15.3 Å². The number of H-pyrrole nitrogens is 1. The Morgan fingerprint density at radius 3 is 2.95 bits per heavy atom. The van der Waals surface area contributed by atoms with E-state index < -0.39 is 23.7 Å². The molecule has 0 spiro atoms. The van der Waals surface area contributed by atoms with Gasteiger partial charge >= 0.3 is 0 Å². The molecule has 0 saturated heterocycles. The Hall–Kier alpha value is -1.77. The first-order valence-electron chi connectivity index (χ1n) is 6.38. The zero-order valence-corrected chi connectivity index (χ0v) is 10.9. The van der Waals surface area contributed by atoms with E-state index in [2.05, 4.69) is 15.0 Å². The molecule has 4 atom stereocenters. The molecule has 2 aromatic heterocycles. The van der Waals surface area contributed by atoms with Gasteiger partial charge in [0.1, 0.15) is 5.60 Å². The summed E-state index contributed by atoms with van der Waals surface area (Å²) in [5.41, 5.74) is -1.24. The molecule has 8 heteroatoms. The van der Waals surface area contributed by atoms with Crippen molar-refractivity contribution in [2.45, 2.75) is 31.1 Å². The van der Waals surface area contributed by atoms with Crippen LogP contribution in [-0.4, -0.2) is 53.2 Å². The van der Waals surface area contributed by atoms with E-state index in [9.17, 15) is 20.1 Å². The molecule has 1 saturated carbocycles. The van der Waals surface area contributed by atoms with Crippen molar-refractivity contribution in [3.63, 3.8) is 0 Å². The van der Waals surface area contributed by atoms with Gasteiger partial charge in [-0.1, -0.05) is 0 Å². The lowest BCUT2D eigenvalue weighted by Gasteiger charge is -2.29. The first-order valence-corrected chi connectivity index (χ1v) is 6.38. The van der Waals surface area contributed by atoms with Gasteiger partial charge in [-0.2, -0.15) is 0 Å². The number of aliphatic hydroxyl groups excluding tert-OH is 2. The minimum absolute atomic E-state index is 0.185. The molecule has 2 heterocycles. The SMILES string of the molecule is C[C@@]1(O)[C@H](O)[C@@H](CO)C[C@H]1n1cnc2c(=O)[nH]cnc21. The maximum atomic E-state index is 11.6. The van der Waals surface area contributed by atoms with Crippen LogP contribution in [0.4, 0.5) is 0 Å². The van der Waals surface area contributed by atoms with E-state index in [1.54, 1.807) is 4.57 Å². The Morgan fingerprint density at radius 2 is 2.30 bits per heavy atom. The summed E-state index contributed by atoms with van der Waals surface area (Å²) in [4.78, 5) is 22.1. The molecule has 20 heavy (non-hydrogen) atoms. The molecule has 1 aliphatic carbocycles. The highest BCUT2D eigenvalue weighted by Gasteiger charge is 2.51. The largest absolute Gasteiger partial charge is 0.396 e. The summed E-state index contributed by atoms with van der Waals surface area (Å²) in [6, 6.07) is -0.506. The van der Waals surface area contributed by atoms with Crippen molar-refractivity contribution in [2.24, 2.45) is 5.92 Å². The molecule has 0 amide bonds. The molecule has 0 unspecified atom stereocenters. The number of nitrogens with one attached hydrogen (secondary N) is 1. The van der Waals surface area contributed by atoms with Crippen molar-refractivity contribution in [1.82, 2.24) is 19.5 Å². The highest BCUT2D eigenvalue weighted by molar-refractivity contribution is 5.69. The van der Waals surface area contributed by atoms with Crippen molar-refractivity contribution in [1.29, 1.82) is 0 Å². The van der Waals surface area contributed by atoms with E-state index in [1.807, 2.05) is 0 Å². The van der Waals surface area contributed by atoms with Gasteiger partial charge in [-0.15, -0.1) is 0 Å². The predicted molar refractivity (Wildman–Crippen MR) is 69.0 cm³/mol. The Balaban J connectivity index is 2.12. The molecule has 2 aromatic rings. The maximum absolute atomic E-state index is 11.6. The smallest absolute Gasteiger partial charge is 0.278 e. The van der Waals surface area contributed by atoms with Crippen LogP contribution in [0.3, 0.4) is 0 Å². The van der Waals surface area contributed by atoms with Crippen LogP contribution in [0.25, 0.3) is 11.2 Å². The number of hydrogen-bond donors (Lipinski definition) is 4. The van der Waals surface area contributed by atoms with Crippen LogP contribution >= 0.6 is 0 Å². The third-order valence-electron chi connectivity index (χ3n) is 4.18. The number of rotatable bonds is 2. The van der Waals surface area contributed by atoms with Gasteiger partial charge in [0.15, 0.2) is 11.2 Å². The van der Waals surface area contributed by atoms with Gasteiger partial charge < -0.3 is 24.9 Å². The van der Waals surface area contributed by atoms with Crippen molar-refractivity contribution in [3.8, 4) is 0 Å². The van der Waals surface area contributed by atoms with Gasteiger partial charge in [0, 0.05) is 12.5 Å². The summed E-state index contributed by atoms with van der Waals surface area (Å²) in [5, 5.41) is 29.9. The minimum Gasteiger partial charge on any atom is -0.396 e. The first-order chi connectivity index (χ1) is 9.46. The van der Waals surface area contributed by atoms with Gasteiger partial charge in [0.25, 0.3) is 5.56 Å². The second-order valence-corrected chi connectivity index (χ2v) is 5.42. The summed E-state index contributed by atoms with van der Waals surface area (Å²) >= 11 is 0. The number of aromatic nitrogens is 4. The summed E-state index contributed by atoms with van der Waals surface area (Å²) in [5.74, 6) is -0.422. The van der Waals surface area contributed by atoms with Crippen molar-refractivity contribution in [2.75, 3.05) is 6.61 Å². The van der Waals surface area contributed by atoms with E-state index in [0.29, 0.717) is 12.1 Å². The van der Waals surface area contributed by atoms with E-state index in [-0.39, 0.29) is 17.7 Å². The standard InChI is InChI=1S/C12H16N4O4/c1-12(20)7(2-6(3-17)9(12)18)16-5-15-8-10(16)13-4-14-11(8)19/h4-7,9,17-18,20H,2-3H2,1H3,(H,13,14,19)/t6-,7-,9-,12+/m1/s1. The Morgan fingerprint density at radius 1 is 1.55 bits per heavy atom. The molecule has 0 radical (unpaired) electrons. The van der Waals surface area contributed by atoms with Gasteiger partial charge in [-0.25, -0.2) is 9.97 Å². The van der Waals surface area contributed by atoms with Crippen LogP contribution < -0.4 is 5.56 Å². The van der Waals surface area contributed by atoms with Gasteiger partial charge in [-0.3, -0.25) is 4.79 Å². The topological polar surface area (TPSA) is 124 Å². The molecule has 8 nitrogen and oxygen atoms in total. The van der Waals surface area contributed by atoms with E-state index >= 15 is 0 Å².